The molecule has 1 fully saturated rings. The molecule has 1 aliphatic rings. The number of carbonyl (C=O) groups excluding carboxylic acids is 2. The van der Waals surface area contributed by atoms with Crippen LogP contribution >= 0.6 is 11.8 Å². The van der Waals surface area contributed by atoms with Crippen LogP contribution in [0, 0.1) is 17.0 Å². The van der Waals surface area contributed by atoms with Crippen LogP contribution in [0.5, 0.6) is 0 Å². The lowest BCUT2D eigenvalue weighted by Gasteiger charge is -2.08. The smallest absolute Gasteiger partial charge is 0.293 e. The Labute approximate surface area is 136 Å². The number of benzene rings is 1. The molecule has 9 heteroatoms. The number of nitro groups is 1. The molecular formula is C14H16N4O4S. The van der Waals surface area contributed by atoms with E-state index >= 15 is 0 Å². The lowest BCUT2D eigenvalue weighted by Crippen LogP contribution is -2.28. The number of amidine groups is 1. The number of nitro benzene ring substituents is 1. The van der Waals surface area contributed by atoms with E-state index < -0.39 is 16.1 Å². The zero-order chi connectivity index (χ0) is 17.0. The Morgan fingerprint density at radius 1 is 1.52 bits per heavy atom. The number of hydrogen-bond acceptors (Lipinski definition) is 6. The molecule has 23 heavy (non-hydrogen) atoms. The van der Waals surface area contributed by atoms with Crippen LogP contribution in [0.2, 0.25) is 0 Å². The van der Waals surface area contributed by atoms with Crippen molar-refractivity contribution in [3.8, 4) is 0 Å². The molecule has 1 aromatic rings. The third-order valence-electron chi connectivity index (χ3n) is 3.07. The Kier molecular flexibility index (Phi) is 5.32. The summed E-state index contributed by atoms with van der Waals surface area (Å²) in [5.74, 6) is -0.738. The summed E-state index contributed by atoms with van der Waals surface area (Å²) in [4.78, 5) is 38.4. The van der Waals surface area contributed by atoms with E-state index in [0.29, 0.717) is 11.7 Å². The van der Waals surface area contributed by atoms with Gasteiger partial charge in [-0.15, -0.1) is 0 Å². The Morgan fingerprint density at radius 3 is 2.91 bits per heavy atom. The van der Waals surface area contributed by atoms with Gasteiger partial charge in [0.05, 0.1) is 4.92 Å². The molecule has 0 radical (unpaired) electrons. The van der Waals surface area contributed by atoms with Crippen LogP contribution in [-0.4, -0.2) is 33.7 Å². The molecule has 0 spiro atoms. The molecule has 1 saturated heterocycles. The minimum Gasteiger partial charge on any atom is -0.320 e. The maximum Gasteiger partial charge on any atom is 0.293 e. The van der Waals surface area contributed by atoms with E-state index in [0.717, 1.165) is 5.56 Å². The summed E-state index contributed by atoms with van der Waals surface area (Å²) in [6.45, 7) is 4.11. The van der Waals surface area contributed by atoms with Crippen LogP contribution in [0.15, 0.2) is 23.2 Å². The third kappa shape index (κ3) is 4.28. The van der Waals surface area contributed by atoms with Crippen LogP contribution < -0.4 is 10.6 Å². The molecule has 1 aliphatic heterocycles. The van der Waals surface area contributed by atoms with Crippen molar-refractivity contribution in [3.63, 3.8) is 0 Å². The van der Waals surface area contributed by atoms with Gasteiger partial charge in [-0.1, -0.05) is 17.8 Å². The second-order valence-electron chi connectivity index (χ2n) is 4.91. The monoisotopic (exact) mass is 336 g/mol. The van der Waals surface area contributed by atoms with Gasteiger partial charge in [0.25, 0.3) is 5.69 Å². The number of carbonyl (C=O) groups is 2. The third-order valence-corrected chi connectivity index (χ3v) is 4.19. The highest BCUT2D eigenvalue weighted by Crippen LogP contribution is 2.27. The highest BCUT2D eigenvalue weighted by Gasteiger charge is 2.32. The van der Waals surface area contributed by atoms with Crippen molar-refractivity contribution < 1.29 is 14.5 Å². The maximum atomic E-state index is 12.1. The lowest BCUT2D eigenvalue weighted by atomic mass is 10.2. The van der Waals surface area contributed by atoms with Crippen LogP contribution in [0.25, 0.3) is 0 Å². The van der Waals surface area contributed by atoms with E-state index in [1.807, 2.05) is 6.92 Å². The zero-order valence-electron chi connectivity index (χ0n) is 12.7. The van der Waals surface area contributed by atoms with E-state index in [4.69, 9.17) is 0 Å². The zero-order valence-corrected chi connectivity index (χ0v) is 13.5. The summed E-state index contributed by atoms with van der Waals surface area (Å²) >= 11 is 1.19. The van der Waals surface area contributed by atoms with Crippen molar-refractivity contribution in [1.82, 2.24) is 5.32 Å². The Balaban J connectivity index is 2.05. The van der Waals surface area contributed by atoms with Gasteiger partial charge in [0, 0.05) is 19.0 Å². The summed E-state index contributed by atoms with van der Waals surface area (Å²) < 4.78 is 0. The number of nitrogens with one attached hydrogen (secondary N) is 2. The van der Waals surface area contributed by atoms with Crippen molar-refractivity contribution in [1.29, 1.82) is 0 Å². The summed E-state index contributed by atoms with van der Waals surface area (Å²) in [5, 5.41) is 16.1. The fraction of sp³-hybridized carbons (Fsp3) is 0.357. The molecule has 1 aromatic carbocycles. The molecule has 0 aromatic heterocycles. The van der Waals surface area contributed by atoms with Crippen LogP contribution in [0.3, 0.4) is 0 Å². The predicted octanol–water partition coefficient (Wildman–Crippen LogP) is 1.84. The predicted molar refractivity (Wildman–Crippen MR) is 88.6 cm³/mol. The highest BCUT2D eigenvalue weighted by atomic mass is 32.2. The summed E-state index contributed by atoms with van der Waals surface area (Å²) in [5.41, 5.74) is 0.674. The number of aliphatic imine (C=N–C) groups is 1. The standard InChI is InChI=1S/C14H16N4O4S/c1-3-15-14-17-13(20)11(23-14)7-12(19)16-9-5-4-8(2)6-10(9)18(21)22/h4-6,11H,3,7H2,1-2H3,(H,16,19)(H,15,17,20)/t11-/m1/s1. The molecule has 0 bridgehead atoms. The first kappa shape index (κ1) is 16.9. The summed E-state index contributed by atoms with van der Waals surface area (Å²) in [6.07, 6.45) is -0.0791. The lowest BCUT2D eigenvalue weighted by molar-refractivity contribution is -0.384. The van der Waals surface area contributed by atoms with Crippen molar-refractivity contribution >= 4 is 40.1 Å². The Bertz CT molecular complexity index is 689. The minimum absolute atomic E-state index is 0.0791. The first-order chi connectivity index (χ1) is 10.9. The SMILES string of the molecule is CCN=C1NC(=O)[C@@H](CC(=O)Nc2ccc(C)cc2[N+](=O)[O-])S1. The average Bonchev–Trinajstić information content (AvgIpc) is 2.81. The second kappa shape index (κ2) is 7.23. The van der Waals surface area contributed by atoms with Gasteiger partial charge in [0.1, 0.15) is 10.9 Å². The minimum atomic E-state index is -0.579. The van der Waals surface area contributed by atoms with Crippen molar-refractivity contribution in [3.05, 3.63) is 33.9 Å². The molecular weight excluding hydrogens is 320 g/mol. The van der Waals surface area contributed by atoms with E-state index in [-0.39, 0.29) is 23.7 Å². The van der Waals surface area contributed by atoms with E-state index in [1.54, 1.807) is 13.0 Å². The van der Waals surface area contributed by atoms with Gasteiger partial charge >= 0.3 is 0 Å². The summed E-state index contributed by atoms with van der Waals surface area (Å²) in [6, 6.07) is 4.54. The van der Waals surface area contributed by atoms with Gasteiger partial charge in [0.15, 0.2) is 5.17 Å². The largest absolute Gasteiger partial charge is 0.320 e. The quantitative estimate of drug-likeness (QED) is 0.629. The Morgan fingerprint density at radius 2 is 2.26 bits per heavy atom. The Hall–Kier alpha value is -2.42. The number of nitrogens with zero attached hydrogens (tertiary/aromatic N) is 2. The number of hydrogen-bond donors (Lipinski definition) is 2. The van der Waals surface area contributed by atoms with Crippen LogP contribution in [0.4, 0.5) is 11.4 Å². The van der Waals surface area contributed by atoms with Crippen LogP contribution in [-0.2, 0) is 9.59 Å². The molecule has 1 atom stereocenters. The molecule has 0 unspecified atom stereocenters. The van der Waals surface area contributed by atoms with Crippen molar-refractivity contribution in [2.24, 2.45) is 4.99 Å². The number of aryl methyl sites for hydroxylation is 1. The molecule has 0 saturated carbocycles. The molecule has 8 nitrogen and oxygen atoms in total. The summed E-state index contributed by atoms with van der Waals surface area (Å²) in [7, 11) is 0. The van der Waals surface area contributed by atoms with Crippen molar-refractivity contribution in [2.45, 2.75) is 25.5 Å². The first-order valence-electron chi connectivity index (χ1n) is 6.97. The van der Waals surface area contributed by atoms with Crippen LogP contribution in [0.1, 0.15) is 18.9 Å². The molecule has 0 aliphatic carbocycles. The molecule has 2 amide bonds. The van der Waals surface area contributed by atoms with E-state index in [2.05, 4.69) is 15.6 Å². The normalized spacial score (nSPS) is 18.8. The molecule has 2 N–H and O–H groups in total. The van der Waals surface area contributed by atoms with E-state index in [1.165, 1.54) is 23.9 Å². The van der Waals surface area contributed by atoms with Gasteiger partial charge in [-0.3, -0.25) is 24.7 Å². The van der Waals surface area contributed by atoms with Gasteiger partial charge in [-0.2, -0.15) is 0 Å². The van der Waals surface area contributed by atoms with Gasteiger partial charge < -0.3 is 10.6 Å². The van der Waals surface area contributed by atoms with Gasteiger partial charge in [-0.25, -0.2) is 0 Å². The second-order valence-corrected chi connectivity index (χ2v) is 6.10. The number of amides is 2. The molecule has 2 rings (SSSR count). The fourth-order valence-electron chi connectivity index (χ4n) is 2.03. The van der Waals surface area contributed by atoms with Gasteiger partial charge in [0.2, 0.25) is 11.8 Å². The van der Waals surface area contributed by atoms with E-state index in [9.17, 15) is 19.7 Å². The number of rotatable bonds is 5. The number of anilines is 1. The number of thioether (sulfide) groups is 1. The highest BCUT2D eigenvalue weighted by molar-refractivity contribution is 8.15. The molecule has 1 heterocycles. The topological polar surface area (TPSA) is 114 Å². The van der Waals surface area contributed by atoms with Crippen molar-refractivity contribution in [2.75, 3.05) is 11.9 Å². The first-order valence-corrected chi connectivity index (χ1v) is 7.85. The van der Waals surface area contributed by atoms with Gasteiger partial charge in [-0.05, 0) is 25.5 Å². The fourth-order valence-corrected chi connectivity index (χ4v) is 3.06. The molecule has 122 valence electrons. The average molecular weight is 336 g/mol. The maximum absolute atomic E-state index is 12.1.